The van der Waals surface area contributed by atoms with E-state index in [-0.39, 0.29) is 0 Å². The lowest BCUT2D eigenvalue weighted by atomic mass is 10.0. The van der Waals surface area contributed by atoms with E-state index in [1.807, 2.05) is 39.0 Å². The van der Waals surface area contributed by atoms with E-state index in [9.17, 15) is 4.79 Å². The highest BCUT2D eigenvalue weighted by atomic mass is 16.6. The molecule has 3 aromatic rings. The summed E-state index contributed by atoms with van der Waals surface area (Å²) >= 11 is 0. The molecule has 1 heterocycles. The van der Waals surface area contributed by atoms with E-state index in [1.165, 1.54) is 0 Å². The minimum absolute atomic E-state index is 0.405. The number of nitrogens with zero attached hydrogens (tertiary/aromatic N) is 4. The SMILES string of the molecule is Cn1nnnc1[C@H](Cc1ccc(-c2ccccc2)cc1)NC(=O)OC(C)(C)C. The molecule has 0 unspecified atom stereocenters. The molecule has 0 radical (unpaired) electrons. The number of hydrogen-bond donors (Lipinski definition) is 1. The first-order chi connectivity index (χ1) is 13.3. The van der Waals surface area contributed by atoms with Gasteiger partial charge in [-0.2, -0.15) is 0 Å². The smallest absolute Gasteiger partial charge is 0.408 e. The van der Waals surface area contributed by atoms with Crippen LogP contribution in [0, 0.1) is 0 Å². The molecule has 0 saturated carbocycles. The Morgan fingerprint density at radius 2 is 1.71 bits per heavy atom. The zero-order valence-electron chi connectivity index (χ0n) is 16.6. The van der Waals surface area contributed by atoms with Crippen molar-refractivity contribution in [2.45, 2.75) is 38.8 Å². The summed E-state index contributed by atoms with van der Waals surface area (Å²) in [6.07, 6.45) is 0.0455. The van der Waals surface area contributed by atoms with Crippen LogP contribution in [0.15, 0.2) is 54.6 Å². The number of amides is 1. The predicted molar refractivity (Wildman–Crippen MR) is 106 cm³/mol. The lowest BCUT2D eigenvalue weighted by Crippen LogP contribution is -2.36. The number of aromatic nitrogens is 4. The number of tetrazole rings is 1. The van der Waals surface area contributed by atoms with Crippen molar-refractivity contribution < 1.29 is 9.53 Å². The molecule has 28 heavy (non-hydrogen) atoms. The van der Waals surface area contributed by atoms with E-state index in [0.717, 1.165) is 16.7 Å². The quantitative estimate of drug-likeness (QED) is 0.731. The first-order valence-corrected chi connectivity index (χ1v) is 9.18. The van der Waals surface area contributed by atoms with Gasteiger partial charge < -0.3 is 10.1 Å². The summed E-state index contributed by atoms with van der Waals surface area (Å²) in [4.78, 5) is 12.3. The highest BCUT2D eigenvalue weighted by molar-refractivity contribution is 5.68. The highest BCUT2D eigenvalue weighted by Crippen LogP contribution is 2.22. The number of aryl methyl sites for hydroxylation is 1. The molecular weight excluding hydrogens is 354 g/mol. The maximum absolute atomic E-state index is 12.3. The maximum Gasteiger partial charge on any atom is 0.408 e. The Morgan fingerprint density at radius 1 is 1.07 bits per heavy atom. The molecule has 0 aliphatic heterocycles. The molecule has 1 atom stereocenters. The first-order valence-electron chi connectivity index (χ1n) is 9.18. The fourth-order valence-electron chi connectivity index (χ4n) is 2.89. The third kappa shape index (κ3) is 5.16. The number of hydrogen-bond acceptors (Lipinski definition) is 5. The standard InChI is InChI=1S/C21H25N5O2/c1-21(2,3)28-20(27)22-18(19-23-24-25-26(19)4)14-15-10-12-17(13-11-15)16-8-6-5-7-9-16/h5-13,18H,14H2,1-4H3,(H,22,27)/t18-/m0/s1. The van der Waals surface area contributed by atoms with Crippen LogP contribution in [0.5, 0.6) is 0 Å². The van der Waals surface area contributed by atoms with Crippen molar-refractivity contribution in [3.63, 3.8) is 0 Å². The fourth-order valence-corrected chi connectivity index (χ4v) is 2.89. The average molecular weight is 379 g/mol. The summed E-state index contributed by atoms with van der Waals surface area (Å²) in [6.45, 7) is 5.48. The zero-order chi connectivity index (χ0) is 20.1. The van der Waals surface area contributed by atoms with Crippen LogP contribution in [0.25, 0.3) is 11.1 Å². The van der Waals surface area contributed by atoms with Crippen LogP contribution in [0.1, 0.15) is 38.2 Å². The Morgan fingerprint density at radius 3 is 2.29 bits per heavy atom. The second-order valence-corrected chi connectivity index (χ2v) is 7.63. The van der Waals surface area contributed by atoms with Gasteiger partial charge in [-0.3, -0.25) is 0 Å². The Hall–Kier alpha value is -3.22. The van der Waals surface area contributed by atoms with Crippen LogP contribution in [-0.4, -0.2) is 31.9 Å². The number of alkyl carbamates (subject to hydrolysis) is 1. The molecule has 146 valence electrons. The van der Waals surface area contributed by atoms with Gasteiger partial charge in [0.2, 0.25) is 0 Å². The molecule has 1 aromatic heterocycles. The van der Waals surface area contributed by atoms with Gasteiger partial charge in [0.1, 0.15) is 5.60 Å². The largest absolute Gasteiger partial charge is 0.444 e. The molecule has 1 N–H and O–H groups in total. The van der Waals surface area contributed by atoms with Gasteiger partial charge in [0.25, 0.3) is 0 Å². The van der Waals surface area contributed by atoms with E-state index in [2.05, 4.69) is 57.2 Å². The molecule has 0 saturated heterocycles. The summed E-state index contributed by atoms with van der Waals surface area (Å²) < 4.78 is 6.95. The van der Waals surface area contributed by atoms with Crippen molar-refractivity contribution in [3.05, 3.63) is 66.0 Å². The summed E-state index contributed by atoms with van der Waals surface area (Å²) in [5, 5.41) is 14.5. The zero-order valence-corrected chi connectivity index (χ0v) is 16.6. The van der Waals surface area contributed by atoms with Gasteiger partial charge in [-0.05, 0) is 47.9 Å². The number of benzene rings is 2. The molecule has 0 aliphatic rings. The van der Waals surface area contributed by atoms with Crippen molar-refractivity contribution in [1.82, 2.24) is 25.5 Å². The molecular formula is C21H25N5O2. The molecule has 7 heteroatoms. The van der Waals surface area contributed by atoms with E-state index in [1.54, 1.807) is 11.7 Å². The third-order valence-corrected chi connectivity index (χ3v) is 4.16. The van der Waals surface area contributed by atoms with Gasteiger partial charge in [-0.15, -0.1) is 5.10 Å². The molecule has 2 aromatic carbocycles. The topological polar surface area (TPSA) is 81.9 Å². The molecule has 3 rings (SSSR count). The lowest BCUT2D eigenvalue weighted by Gasteiger charge is -2.23. The molecule has 0 spiro atoms. The number of carbonyl (C=O) groups is 1. The van der Waals surface area contributed by atoms with Crippen LogP contribution in [0.2, 0.25) is 0 Å². The summed E-state index contributed by atoms with van der Waals surface area (Å²) in [6, 6.07) is 18.0. The van der Waals surface area contributed by atoms with Crippen LogP contribution < -0.4 is 5.32 Å². The van der Waals surface area contributed by atoms with Crippen LogP contribution in [0.4, 0.5) is 4.79 Å². The first kappa shape index (κ1) is 19.5. The minimum atomic E-state index is -0.579. The second-order valence-electron chi connectivity index (χ2n) is 7.63. The monoisotopic (exact) mass is 379 g/mol. The minimum Gasteiger partial charge on any atom is -0.444 e. The van der Waals surface area contributed by atoms with Crippen molar-refractivity contribution in [2.75, 3.05) is 0 Å². The van der Waals surface area contributed by atoms with Gasteiger partial charge in [-0.25, -0.2) is 9.48 Å². The Bertz CT molecular complexity index is 914. The van der Waals surface area contributed by atoms with Crippen LogP contribution >= 0.6 is 0 Å². The van der Waals surface area contributed by atoms with E-state index in [4.69, 9.17) is 4.74 Å². The third-order valence-electron chi connectivity index (χ3n) is 4.16. The van der Waals surface area contributed by atoms with Gasteiger partial charge >= 0.3 is 6.09 Å². The summed E-state index contributed by atoms with van der Waals surface area (Å²) in [5.41, 5.74) is 2.78. The van der Waals surface area contributed by atoms with E-state index in [0.29, 0.717) is 12.2 Å². The number of rotatable bonds is 5. The van der Waals surface area contributed by atoms with Gasteiger partial charge in [-0.1, -0.05) is 54.6 Å². The maximum atomic E-state index is 12.3. The molecule has 7 nitrogen and oxygen atoms in total. The normalized spacial score (nSPS) is 12.4. The fraction of sp³-hybridized carbons (Fsp3) is 0.333. The number of carbonyl (C=O) groups excluding carboxylic acids is 1. The lowest BCUT2D eigenvalue weighted by molar-refractivity contribution is 0.0500. The van der Waals surface area contributed by atoms with Gasteiger partial charge in [0, 0.05) is 13.5 Å². The predicted octanol–water partition coefficient (Wildman–Crippen LogP) is 3.69. The Labute approximate surface area is 164 Å². The Balaban J connectivity index is 1.78. The van der Waals surface area contributed by atoms with Gasteiger partial charge in [0.15, 0.2) is 5.82 Å². The average Bonchev–Trinajstić information content (AvgIpc) is 3.07. The highest BCUT2D eigenvalue weighted by Gasteiger charge is 2.24. The summed E-state index contributed by atoms with van der Waals surface area (Å²) in [5.74, 6) is 0.568. The number of nitrogens with one attached hydrogen (secondary N) is 1. The van der Waals surface area contributed by atoms with Crippen molar-refractivity contribution >= 4 is 6.09 Å². The van der Waals surface area contributed by atoms with Crippen molar-refractivity contribution in [1.29, 1.82) is 0 Å². The van der Waals surface area contributed by atoms with Crippen LogP contribution in [0.3, 0.4) is 0 Å². The summed E-state index contributed by atoms with van der Waals surface area (Å²) in [7, 11) is 1.75. The van der Waals surface area contributed by atoms with Crippen LogP contribution in [-0.2, 0) is 18.2 Å². The van der Waals surface area contributed by atoms with Crippen molar-refractivity contribution in [3.8, 4) is 11.1 Å². The Kier molecular flexibility index (Phi) is 5.73. The van der Waals surface area contributed by atoms with Gasteiger partial charge in [0.05, 0.1) is 6.04 Å². The van der Waals surface area contributed by atoms with E-state index >= 15 is 0 Å². The molecule has 0 fully saturated rings. The molecule has 0 bridgehead atoms. The number of ether oxygens (including phenoxy) is 1. The van der Waals surface area contributed by atoms with E-state index < -0.39 is 17.7 Å². The second kappa shape index (κ2) is 8.21. The molecule has 1 amide bonds. The molecule has 0 aliphatic carbocycles. The van der Waals surface area contributed by atoms with Crippen molar-refractivity contribution in [2.24, 2.45) is 7.05 Å².